The first-order valence-electron chi connectivity index (χ1n) is 8.95. The van der Waals surface area contributed by atoms with Crippen LogP contribution in [0, 0.1) is 11.7 Å². The molecule has 0 spiro atoms. The van der Waals surface area contributed by atoms with E-state index in [0.29, 0.717) is 5.76 Å². The van der Waals surface area contributed by atoms with Gasteiger partial charge in [-0.2, -0.15) is 0 Å². The zero-order valence-corrected chi connectivity index (χ0v) is 15.9. The molecule has 1 aromatic carbocycles. The van der Waals surface area contributed by atoms with E-state index >= 15 is 0 Å². The van der Waals surface area contributed by atoms with Gasteiger partial charge < -0.3 is 15.1 Å². The fraction of sp³-hybridized carbons (Fsp3) is 0.350. The fourth-order valence-electron chi connectivity index (χ4n) is 3.24. The monoisotopic (exact) mass is 387 g/mol. The summed E-state index contributed by atoms with van der Waals surface area (Å²) in [5.74, 6) is -1.11. The Bertz CT molecular complexity index is 879. The minimum atomic E-state index is -1.35. The van der Waals surface area contributed by atoms with Gasteiger partial charge in [0.15, 0.2) is 5.54 Å². The third-order valence-electron chi connectivity index (χ3n) is 4.80. The molecule has 1 saturated heterocycles. The van der Waals surface area contributed by atoms with Crippen molar-refractivity contribution in [3.8, 4) is 0 Å². The Balaban J connectivity index is 1.72. The molecule has 148 valence electrons. The Morgan fingerprint density at radius 3 is 2.50 bits per heavy atom. The van der Waals surface area contributed by atoms with Crippen LogP contribution in [-0.2, 0) is 15.1 Å². The van der Waals surface area contributed by atoms with Crippen molar-refractivity contribution in [1.29, 1.82) is 0 Å². The highest BCUT2D eigenvalue weighted by Crippen LogP contribution is 2.29. The minimum Gasteiger partial charge on any atom is -0.466 e. The molecule has 1 aromatic heterocycles. The summed E-state index contributed by atoms with van der Waals surface area (Å²) in [6, 6.07) is 8.00. The van der Waals surface area contributed by atoms with Crippen molar-refractivity contribution in [1.82, 2.24) is 15.5 Å². The molecule has 7 nitrogen and oxygen atoms in total. The Labute approximate surface area is 161 Å². The maximum atomic E-state index is 13.2. The summed E-state index contributed by atoms with van der Waals surface area (Å²) < 4.78 is 18.4. The van der Waals surface area contributed by atoms with Crippen LogP contribution < -0.4 is 10.6 Å². The average molecular weight is 387 g/mol. The van der Waals surface area contributed by atoms with E-state index in [2.05, 4.69) is 10.6 Å². The largest absolute Gasteiger partial charge is 0.466 e. The predicted molar refractivity (Wildman–Crippen MR) is 98.4 cm³/mol. The first kappa shape index (κ1) is 19.6. The van der Waals surface area contributed by atoms with E-state index in [1.165, 1.54) is 25.3 Å². The van der Waals surface area contributed by atoms with Gasteiger partial charge in [0, 0.05) is 0 Å². The van der Waals surface area contributed by atoms with Gasteiger partial charge in [0.05, 0.1) is 12.3 Å². The van der Waals surface area contributed by atoms with Gasteiger partial charge in [-0.1, -0.05) is 26.0 Å². The topological polar surface area (TPSA) is 91.7 Å². The number of nitrogens with one attached hydrogen (secondary N) is 2. The quantitative estimate of drug-likeness (QED) is 0.746. The van der Waals surface area contributed by atoms with Crippen LogP contribution in [0.15, 0.2) is 47.1 Å². The molecule has 1 fully saturated rings. The zero-order chi connectivity index (χ0) is 20.5. The molecular formula is C20H22FN3O4. The van der Waals surface area contributed by atoms with Crippen LogP contribution in [0.25, 0.3) is 0 Å². The molecule has 0 saturated carbocycles. The maximum absolute atomic E-state index is 13.2. The van der Waals surface area contributed by atoms with E-state index in [1.807, 2.05) is 13.8 Å². The van der Waals surface area contributed by atoms with Crippen molar-refractivity contribution in [3.63, 3.8) is 0 Å². The average Bonchev–Trinajstić information content (AvgIpc) is 3.25. The molecule has 0 radical (unpaired) electrons. The number of urea groups is 1. The predicted octanol–water partition coefficient (Wildman–Crippen LogP) is 2.70. The lowest BCUT2D eigenvalue weighted by molar-refractivity contribution is -0.135. The Morgan fingerprint density at radius 2 is 1.93 bits per heavy atom. The van der Waals surface area contributed by atoms with Crippen molar-refractivity contribution >= 4 is 17.8 Å². The van der Waals surface area contributed by atoms with Crippen LogP contribution in [0.1, 0.15) is 38.1 Å². The molecule has 28 heavy (non-hydrogen) atoms. The van der Waals surface area contributed by atoms with E-state index < -0.39 is 29.9 Å². The molecule has 2 atom stereocenters. The molecule has 0 aliphatic carbocycles. The van der Waals surface area contributed by atoms with Gasteiger partial charge in [-0.25, -0.2) is 9.18 Å². The first-order chi connectivity index (χ1) is 13.2. The smallest absolute Gasteiger partial charge is 0.325 e. The number of benzene rings is 1. The molecule has 8 heteroatoms. The second-order valence-corrected chi connectivity index (χ2v) is 7.26. The number of amides is 4. The van der Waals surface area contributed by atoms with Gasteiger partial charge in [0.1, 0.15) is 18.1 Å². The molecule has 2 N–H and O–H groups in total. The number of carbonyl (C=O) groups excluding carboxylic acids is 3. The van der Waals surface area contributed by atoms with E-state index in [4.69, 9.17) is 4.42 Å². The van der Waals surface area contributed by atoms with Crippen molar-refractivity contribution in [2.75, 3.05) is 6.54 Å². The lowest BCUT2D eigenvalue weighted by Crippen LogP contribution is -2.44. The second kappa shape index (κ2) is 7.46. The molecular weight excluding hydrogens is 365 g/mol. The van der Waals surface area contributed by atoms with E-state index in [-0.39, 0.29) is 17.8 Å². The summed E-state index contributed by atoms with van der Waals surface area (Å²) >= 11 is 0. The first-order valence-corrected chi connectivity index (χ1v) is 8.95. The van der Waals surface area contributed by atoms with Gasteiger partial charge in [0.2, 0.25) is 5.91 Å². The summed E-state index contributed by atoms with van der Waals surface area (Å²) in [4.78, 5) is 38.5. The van der Waals surface area contributed by atoms with Crippen molar-refractivity contribution < 1.29 is 23.2 Å². The maximum Gasteiger partial charge on any atom is 0.325 e. The molecule has 4 amide bonds. The van der Waals surface area contributed by atoms with Gasteiger partial charge in [0.25, 0.3) is 5.91 Å². The normalized spacial score (nSPS) is 20.4. The Morgan fingerprint density at radius 1 is 1.25 bits per heavy atom. The SMILES string of the molecule is CC(C)C(NC(=O)CN1C(=O)NC(C)(c2ccco2)C1=O)c1ccc(F)cc1. The van der Waals surface area contributed by atoms with Crippen molar-refractivity contribution in [2.45, 2.75) is 32.4 Å². The molecule has 3 rings (SSSR count). The fourth-order valence-corrected chi connectivity index (χ4v) is 3.24. The minimum absolute atomic E-state index is 0.0194. The second-order valence-electron chi connectivity index (χ2n) is 7.26. The molecule has 2 aromatic rings. The van der Waals surface area contributed by atoms with Crippen LogP contribution in [0.3, 0.4) is 0 Å². The Kier molecular flexibility index (Phi) is 5.22. The number of halogens is 1. The van der Waals surface area contributed by atoms with Crippen molar-refractivity contribution in [3.05, 3.63) is 59.8 Å². The number of hydrogen-bond acceptors (Lipinski definition) is 4. The van der Waals surface area contributed by atoms with E-state index in [0.717, 1.165) is 10.5 Å². The van der Waals surface area contributed by atoms with Crippen LogP contribution in [0.5, 0.6) is 0 Å². The third-order valence-corrected chi connectivity index (χ3v) is 4.80. The van der Waals surface area contributed by atoms with Gasteiger partial charge in [-0.05, 0) is 42.7 Å². The number of nitrogens with zero attached hydrogens (tertiary/aromatic N) is 1. The van der Waals surface area contributed by atoms with Crippen LogP contribution in [0.4, 0.5) is 9.18 Å². The van der Waals surface area contributed by atoms with Gasteiger partial charge in [-0.15, -0.1) is 0 Å². The van der Waals surface area contributed by atoms with Crippen LogP contribution >= 0.6 is 0 Å². The van der Waals surface area contributed by atoms with Crippen LogP contribution in [-0.4, -0.2) is 29.3 Å². The Hall–Kier alpha value is -3.16. The van der Waals surface area contributed by atoms with Crippen LogP contribution in [0.2, 0.25) is 0 Å². The highest BCUT2D eigenvalue weighted by atomic mass is 19.1. The molecule has 1 aliphatic heterocycles. The number of rotatable bonds is 6. The summed E-state index contributed by atoms with van der Waals surface area (Å²) in [6.45, 7) is 4.93. The van der Waals surface area contributed by atoms with E-state index in [1.54, 1.807) is 24.3 Å². The molecule has 1 aliphatic rings. The lowest BCUT2D eigenvalue weighted by Gasteiger charge is -2.24. The van der Waals surface area contributed by atoms with Gasteiger partial charge >= 0.3 is 6.03 Å². The van der Waals surface area contributed by atoms with Crippen molar-refractivity contribution in [2.24, 2.45) is 5.92 Å². The van der Waals surface area contributed by atoms with Gasteiger partial charge in [-0.3, -0.25) is 14.5 Å². The van der Waals surface area contributed by atoms with E-state index in [9.17, 15) is 18.8 Å². The number of hydrogen-bond donors (Lipinski definition) is 2. The number of carbonyl (C=O) groups is 3. The third kappa shape index (κ3) is 3.62. The highest BCUT2D eigenvalue weighted by Gasteiger charge is 2.51. The zero-order valence-electron chi connectivity index (χ0n) is 15.9. The number of furan rings is 1. The summed E-state index contributed by atoms with van der Waals surface area (Å²) in [5.41, 5.74) is -0.614. The summed E-state index contributed by atoms with van der Waals surface area (Å²) in [6.07, 6.45) is 1.41. The molecule has 2 heterocycles. The highest BCUT2D eigenvalue weighted by molar-refractivity contribution is 6.08. The summed E-state index contributed by atoms with van der Waals surface area (Å²) in [7, 11) is 0. The molecule has 0 bridgehead atoms. The lowest BCUT2D eigenvalue weighted by atomic mass is 9.96. The summed E-state index contributed by atoms with van der Waals surface area (Å²) in [5, 5.41) is 5.40. The standard InChI is InChI=1S/C20H22FN3O4/c1-12(2)17(13-6-8-14(21)9-7-13)22-16(25)11-24-18(26)20(3,23-19(24)27)15-5-4-10-28-15/h4-10,12,17H,11H2,1-3H3,(H,22,25)(H,23,27). The molecule has 2 unspecified atom stereocenters. The number of imide groups is 1.